The lowest BCUT2D eigenvalue weighted by atomic mass is 10.0. The molecule has 0 aliphatic rings. The Bertz CT molecular complexity index is 734. The van der Waals surface area contributed by atoms with E-state index in [-0.39, 0.29) is 0 Å². The van der Waals surface area contributed by atoms with Crippen molar-refractivity contribution >= 4 is 10.8 Å². The molecule has 106 valence electrons. The third kappa shape index (κ3) is 2.93. The van der Waals surface area contributed by atoms with Gasteiger partial charge in [-0.15, -0.1) is 0 Å². The number of alkyl halides is 1. The lowest BCUT2D eigenvalue weighted by Gasteiger charge is -2.08. The average molecular weight is 281 g/mol. The molecule has 1 N–H and O–H groups in total. The SMILES string of the molecule is OCC(F)c1ccc(Cc2nccc3ccccc23)cc1. The molecular formula is C18H16FNO. The molecule has 1 heterocycles. The Morgan fingerprint density at radius 2 is 1.76 bits per heavy atom. The van der Waals surface area contributed by atoms with Crippen LogP contribution in [0.2, 0.25) is 0 Å². The van der Waals surface area contributed by atoms with Crippen LogP contribution in [-0.2, 0) is 6.42 Å². The van der Waals surface area contributed by atoms with Crippen LogP contribution in [0.1, 0.15) is 23.0 Å². The first kappa shape index (κ1) is 13.7. The number of aromatic nitrogens is 1. The summed E-state index contributed by atoms with van der Waals surface area (Å²) in [6.07, 6.45) is 1.21. The van der Waals surface area contributed by atoms with Crippen molar-refractivity contribution in [3.63, 3.8) is 0 Å². The second kappa shape index (κ2) is 6.02. The summed E-state index contributed by atoms with van der Waals surface area (Å²) in [6.45, 7) is -0.482. The van der Waals surface area contributed by atoms with E-state index in [0.717, 1.165) is 16.6 Å². The second-order valence-electron chi connectivity index (χ2n) is 5.05. The smallest absolute Gasteiger partial charge is 0.148 e. The maximum absolute atomic E-state index is 13.4. The molecule has 0 aliphatic carbocycles. The number of hydrogen-bond donors (Lipinski definition) is 1. The number of nitrogens with zero attached hydrogens (tertiary/aromatic N) is 1. The maximum Gasteiger partial charge on any atom is 0.148 e. The minimum Gasteiger partial charge on any atom is -0.393 e. The molecule has 0 radical (unpaired) electrons. The maximum atomic E-state index is 13.4. The van der Waals surface area contributed by atoms with E-state index in [1.165, 1.54) is 5.39 Å². The lowest BCUT2D eigenvalue weighted by Crippen LogP contribution is -1.98. The van der Waals surface area contributed by atoms with Crippen molar-refractivity contribution in [1.29, 1.82) is 0 Å². The molecule has 0 aliphatic heterocycles. The number of hydrogen-bond acceptors (Lipinski definition) is 2. The predicted molar refractivity (Wildman–Crippen MR) is 81.9 cm³/mol. The number of benzene rings is 2. The summed E-state index contributed by atoms with van der Waals surface area (Å²) < 4.78 is 13.4. The predicted octanol–water partition coefficient (Wildman–Crippen LogP) is 3.83. The standard InChI is InChI=1S/C18H16FNO/c19-17(12-21)15-7-5-13(6-8-15)11-18-16-4-2-1-3-14(16)9-10-20-18/h1-10,17,21H,11-12H2. The van der Waals surface area contributed by atoms with E-state index in [4.69, 9.17) is 5.11 Å². The van der Waals surface area contributed by atoms with Crippen molar-refractivity contribution in [3.8, 4) is 0 Å². The van der Waals surface area contributed by atoms with Gasteiger partial charge in [0.15, 0.2) is 0 Å². The van der Waals surface area contributed by atoms with Crippen LogP contribution >= 0.6 is 0 Å². The largest absolute Gasteiger partial charge is 0.393 e. The molecule has 2 nitrogen and oxygen atoms in total. The lowest BCUT2D eigenvalue weighted by molar-refractivity contribution is 0.180. The Hall–Kier alpha value is -2.26. The highest BCUT2D eigenvalue weighted by molar-refractivity contribution is 5.84. The summed E-state index contributed by atoms with van der Waals surface area (Å²) >= 11 is 0. The van der Waals surface area contributed by atoms with Crippen LogP contribution in [0.25, 0.3) is 10.8 Å². The summed E-state index contributed by atoms with van der Waals surface area (Å²) in [5, 5.41) is 11.1. The molecule has 0 bridgehead atoms. The Morgan fingerprint density at radius 1 is 1.00 bits per heavy atom. The molecule has 0 saturated heterocycles. The van der Waals surface area contributed by atoms with Gasteiger partial charge in [0.05, 0.1) is 12.3 Å². The number of pyridine rings is 1. The van der Waals surface area contributed by atoms with Crippen LogP contribution in [0.4, 0.5) is 4.39 Å². The van der Waals surface area contributed by atoms with Crippen molar-refractivity contribution in [2.45, 2.75) is 12.6 Å². The van der Waals surface area contributed by atoms with E-state index in [1.807, 2.05) is 36.5 Å². The number of aliphatic hydroxyl groups is 1. The third-order valence-corrected chi connectivity index (χ3v) is 3.63. The van der Waals surface area contributed by atoms with E-state index in [2.05, 4.69) is 17.1 Å². The van der Waals surface area contributed by atoms with Crippen LogP contribution in [0.5, 0.6) is 0 Å². The number of fused-ring (bicyclic) bond motifs is 1. The second-order valence-corrected chi connectivity index (χ2v) is 5.05. The van der Waals surface area contributed by atoms with Crippen molar-refractivity contribution in [2.24, 2.45) is 0 Å². The van der Waals surface area contributed by atoms with Crippen LogP contribution in [0.3, 0.4) is 0 Å². The molecule has 0 saturated carbocycles. The molecule has 1 atom stereocenters. The quantitative estimate of drug-likeness (QED) is 0.788. The normalized spacial score (nSPS) is 12.5. The van der Waals surface area contributed by atoms with Crippen molar-refractivity contribution in [2.75, 3.05) is 6.61 Å². The molecule has 1 unspecified atom stereocenters. The fourth-order valence-electron chi connectivity index (χ4n) is 2.47. The van der Waals surface area contributed by atoms with Crippen molar-refractivity contribution in [1.82, 2.24) is 4.98 Å². The van der Waals surface area contributed by atoms with E-state index >= 15 is 0 Å². The highest BCUT2D eigenvalue weighted by Crippen LogP contribution is 2.21. The van der Waals surface area contributed by atoms with E-state index in [9.17, 15) is 4.39 Å². The molecule has 3 heteroatoms. The summed E-state index contributed by atoms with van der Waals surface area (Å²) in [6, 6.07) is 17.4. The van der Waals surface area contributed by atoms with E-state index in [0.29, 0.717) is 12.0 Å². The first-order valence-corrected chi connectivity index (χ1v) is 6.94. The highest BCUT2D eigenvalue weighted by Gasteiger charge is 2.08. The summed E-state index contributed by atoms with van der Waals surface area (Å²) in [7, 11) is 0. The van der Waals surface area contributed by atoms with Crippen molar-refractivity contribution in [3.05, 3.63) is 77.6 Å². The molecule has 0 fully saturated rings. The molecule has 2 aromatic carbocycles. The van der Waals surface area contributed by atoms with Gasteiger partial charge in [0.1, 0.15) is 6.17 Å². The minimum atomic E-state index is -1.31. The highest BCUT2D eigenvalue weighted by atomic mass is 19.1. The molecule has 1 aromatic heterocycles. The van der Waals surface area contributed by atoms with Crippen LogP contribution in [-0.4, -0.2) is 16.7 Å². The first-order valence-electron chi connectivity index (χ1n) is 6.94. The zero-order chi connectivity index (χ0) is 14.7. The van der Waals surface area contributed by atoms with Crippen LogP contribution < -0.4 is 0 Å². The summed E-state index contributed by atoms with van der Waals surface area (Å²) in [5.41, 5.74) is 2.60. The Labute approximate surface area is 122 Å². The summed E-state index contributed by atoms with van der Waals surface area (Å²) in [4.78, 5) is 4.46. The van der Waals surface area contributed by atoms with Gasteiger partial charge in [-0.25, -0.2) is 4.39 Å². The van der Waals surface area contributed by atoms with Gasteiger partial charge in [0, 0.05) is 18.0 Å². The zero-order valence-electron chi connectivity index (χ0n) is 11.5. The van der Waals surface area contributed by atoms with Crippen LogP contribution in [0.15, 0.2) is 60.8 Å². The Morgan fingerprint density at radius 3 is 2.52 bits per heavy atom. The average Bonchev–Trinajstić information content (AvgIpc) is 2.55. The molecule has 0 spiro atoms. The number of halogens is 1. The number of aliphatic hydroxyl groups excluding tert-OH is 1. The van der Waals surface area contributed by atoms with E-state index in [1.54, 1.807) is 12.1 Å². The topological polar surface area (TPSA) is 33.1 Å². The van der Waals surface area contributed by atoms with Crippen LogP contribution in [0, 0.1) is 0 Å². The third-order valence-electron chi connectivity index (χ3n) is 3.63. The number of rotatable bonds is 4. The first-order chi connectivity index (χ1) is 10.3. The van der Waals surface area contributed by atoms with Gasteiger partial charge in [-0.1, -0.05) is 48.5 Å². The Balaban J connectivity index is 1.88. The van der Waals surface area contributed by atoms with Gasteiger partial charge in [-0.3, -0.25) is 4.98 Å². The van der Waals surface area contributed by atoms with Gasteiger partial charge >= 0.3 is 0 Å². The van der Waals surface area contributed by atoms with Crippen molar-refractivity contribution < 1.29 is 9.50 Å². The van der Waals surface area contributed by atoms with Gasteiger partial charge in [0.25, 0.3) is 0 Å². The molecule has 0 amide bonds. The Kier molecular flexibility index (Phi) is 3.93. The monoisotopic (exact) mass is 281 g/mol. The minimum absolute atomic E-state index is 0.482. The fraction of sp³-hybridized carbons (Fsp3) is 0.167. The van der Waals surface area contributed by atoms with Gasteiger partial charge in [0.2, 0.25) is 0 Å². The van der Waals surface area contributed by atoms with Gasteiger partial charge in [-0.05, 0) is 22.6 Å². The zero-order valence-corrected chi connectivity index (χ0v) is 11.5. The molecular weight excluding hydrogens is 265 g/mol. The van der Waals surface area contributed by atoms with E-state index < -0.39 is 12.8 Å². The van der Waals surface area contributed by atoms with Gasteiger partial charge in [-0.2, -0.15) is 0 Å². The molecule has 3 rings (SSSR count). The molecule has 3 aromatic rings. The van der Waals surface area contributed by atoms with Gasteiger partial charge < -0.3 is 5.11 Å². The molecule has 21 heavy (non-hydrogen) atoms. The fourth-order valence-corrected chi connectivity index (χ4v) is 2.47. The summed E-state index contributed by atoms with van der Waals surface area (Å²) in [5.74, 6) is 0.